The van der Waals surface area contributed by atoms with Gasteiger partial charge in [-0.25, -0.2) is 4.98 Å². The van der Waals surface area contributed by atoms with Crippen molar-refractivity contribution in [1.82, 2.24) is 19.5 Å². The van der Waals surface area contributed by atoms with Crippen molar-refractivity contribution in [2.45, 2.75) is 39.3 Å². The molecule has 0 aromatic carbocycles. The number of rotatable bonds is 5. The second kappa shape index (κ2) is 5.40. The molecular formula is C12H20N6O. The van der Waals surface area contributed by atoms with Gasteiger partial charge in [-0.1, -0.05) is 6.92 Å². The maximum Gasteiger partial charge on any atom is 0.227 e. The first-order valence-corrected chi connectivity index (χ1v) is 6.44. The van der Waals surface area contributed by atoms with Crippen LogP contribution in [0, 0.1) is 0 Å². The monoisotopic (exact) mass is 264 g/mol. The minimum absolute atomic E-state index is 0.0290. The van der Waals surface area contributed by atoms with E-state index in [1.54, 1.807) is 6.33 Å². The normalized spacial score (nSPS) is 13.1. The predicted octanol–water partition coefficient (Wildman–Crippen LogP) is 1.17. The molecule has 0 saturated carbocycles. The summed E-state index contributed by atoms with van der Waals surface area (Å²) in [6, 6.07) is 0.166. The quantitative estimate of drug-likeness (QED) is 0.749. The predicted molar refractivity (Wildman–Crippen MR) is 74.9 cm³/mol. The van der Waals surface area contributed by atoms with Crippen molar-refractivity contribution >= 4 is 22.9 Å². The van der Waals surface area contributed by atoms with Crippen LogP contribution >= 0.6 is 0 Å². The van der Waals surface area contributed by atoms with Crippen LogP contribution in [0.2, 0.25) is 0 Å². The molecule has 4 N–H and O–H groups in total. The molecule has 0 aliphatic heterocycles. The molecule has 0 spiro atoms. The van der Waals surface area contributed by atoms with Gasteiger partial charge in [0, 0.05) is 6.04 Å². The molecule has 104 valence electrons. The van der Waals surface area contributed by atoms with Crippen LogP contribution in [0.3, 0.4) is 0 Å². The van der Waals surface area contributed by atoms with Crippen LogP contribution in [-0.4, -0.2) is 37.3 Å². The molecule has 2 aromatic rings. The second-order valence-corrected chi connectivity index (χ2v) is 4.78. The lowest BCUT2D eigenvalue weighted by Gasteiger charge is -2.14. The van der Waals surface area contributed by atoms with Gasteiger partial charge in [0.1, 0.15) is 5.52 Å². The van der Waals surface area contributed by atoms with Crippen LogP contribution < -0.4 is 11.1 Å². The summed E-state index contributed by atoms with van der Waals surface area (Å²) in [6.45, 7) is 6.11. The molecule has 0 radical (unpaired) electrons. The molecule has 0 aliphatic carbocycles. The Balaban J connectivity index is 2.44. The van der Waals surface area contributed by atoms with Crippen LogP contribution in [-0.2, 0) is 0 Å². The third-order valence-corrected chi connectivity index (χ3v) is 3.05. The zero-order valence-corrected chi connectivity index (χ0v) is 11.5. The Kier molecular flexibility index (Phi) is 3.84. The molecule has 0 aliphatic rings. The average Bonchev–Trinajstić information content (AvgIpc) is 2.80. The van der Waals surface area contributed by atoms with Crippen LogP contribution in [0.1, 0.15) is 33.2 Å². The second-order valence-electron chi connectivity index (χ2n) is 4.78. The van der Waals surface area contributed by atoms with Crippen LogP contribution in [0.15, 0.2) is 6.33 Å². The third-order valence-electron chi connectivity index (χ3n) is 3.05. The van der Waals surface area contributed by atoms with Crippen molar-refractivity contribution in [2.24, 2.45) is 0 Å². The highest BCUT2D eigenvalue weighted by atomic mass is 16.3. The Morgan fingerprint density at radius 3 is 2.74 bits per heavy atom. The lowest BCUT2D eigenvalue weighted by Crippen LogP contribution is -2.24. The van der Waals surface area contributed by atoms with Crippen molar-refractivity contribution in [3.05, 3.63) is 6.33 Å². The fourth-order valence-corrected chi connectivity index (χ4v) is 1.84. The van der Waals surface area contributed by atoms with Crippen molar-refractivity contribution in [1.29, 1.82) is 0 Å². The third kappa shape index (κ3) is 2.60. The molecular weight excluding hydrogens is 244 g/mol. The average molecular weight is 264 g/mol. The van der Waals surface area contributed by atoms with Gasteiger partial charge in [0.25, 0.3) is 0 Å². The smallest absolute Gasteiger partial charge is 0.227 e. The number of aliphatic hydroxyl groups is 1. The molecule has 0 bridgehead atoms. The SMILES string of the molecule is CC[C@H](CO)Nc1nc(N)c2ncn(C(C)C)c2n1. The molecule has 7 heteroatoms. The molecule has 2 heterocycles. The number of imidazole rings is 1. The number of nitrogens with one attached hydrogen (secondary N) is 1. The standard InChI is InChI=1S/C12H20N6O/c1-4-8(5-19)15-12-16-10(13)9-11(17-12)18(6-14-9)7(2)3/h6-8,19H,4-5H2,1-3H3,(H3,13,15,16,17)/t8-/m1/s1. The summed E-state index contributed by atoms with van der Waals surface area (Å²) in [5, 5.41) is 12.3. The number of aromatic nitrogens is 4. The molecule has 0 fully saturated rings. The van der Waals surface area contributed by atoms with Crippen LogP contribution in [0.5, 0.6) is 0 Å². The first-order valence-electron chi connectivity index (χ1n) is 6.44. The van der Waals surface area contributed by atoms with Gasteiger partial charge in [0.05, 0.1) is 19.0 Å². The van der Waals surface area contributed by atoms with Gasteiger partial charge in [-0.2, -0.15) is 9.97 Å². The van der Waals surface area contributed by atoms with Gasteiger partial charge in [0.15, 0.2) is 11.5 Å². The summed E-state index contributed by atoms with van der Waals surface area (Å²) in [5.41, 5.74) is 7.21. The van der Waals surface area contributed by atoms with E-state index in [4.69, 9.17) is 5.73 Å². The summed E-state index contributed by atoms with van der Waals surface area (Å²) in [5.74, 6) is 0.771. The van der Waals surface area contributed by atoms with Gasteiger partial charge in [-0.15, -0.1) is 0 Å². The Hall–Kier alpha value is -1.89. The van der Waals surface area contributed by atoms with E-state index in [-0.39, 0.29) is 18.7 Å². The minimum Gasteiger partial charge on any atom is -0.394 e. The Labute approximate surface area is 111 Å². The van der Waals surface area contributed by atoms with Crippen molar-refractivity contribution < 1.29 is 5.11 Å². The summed E-state index contributed by atoms with van der Waals surface area (Å²) in [7, 11) is 0. The molecule has 1 atom stereocenters. The zero-order valence-electron chi connectivity index (χ0n) is 11.5. The van der Waals surface area contributed by atoms with Crippen molar-refractivity contribution in [2.75, 3.05) is 17.7 Å². The maximum atomic E-state index is 9.21. The zero-order chi connectivity index (χ0) is 14.0. The van der Waals surface area contributed by atoms with Gasteiger partial charge in [0.2, 0.25) is 5.95 Å². The lowest BCUT2D eigenvalue weighted by atomic mass is 10.2. The number of nitrogens with two attached hydrogens (primary N) is 1. The highest BCUT2D eigenvalue weighted by molar-refractivity contribution is 5.82. The number of anilines is 2. The first-order chi connectivity index (χ1) is 9.06. The minimum atomic E-state index is -0.0766. The van der Waals surface area contributed by atoms with Gasteiger partial charge < -0.3 is 20.7 Å². The Bertz CT molecular complexity index is 561. The van der Waals surface area contributed by atoms with Crippen molar-refractivity contribution in [3.8, 4) is 0 Å². The number of hydrogen-bond donors (Lipinski definition) is 3. The van der Waals surface area contributed by atoms with Gasteiger partial charge in [-0.05, 0) is 20.3 Å². The van der Waals surface area contributed by atoms with E-state index in [9.17, 15) is 5.11 Å². The fraction of sp³-hybridized carbons (Fsp3) is 0.583. The van der Waals surface area contributed by atoms with E-state index in [0.717, 1.165) is 6.42 Å². The van der Waals surface area contributed by atoms with E-state index in [0.29, 0.717) is 22.9 Å². The van der Waals surface area contributed by atoms with Gasteiger partial charge >= 0.3 is 0 Å². The largest absolute Gasteiger partial charge is 0.394 e. The summed E-state index contributed by atoms with van der Waals surface area (Å²) >= 11 is 0. The first kappa shape index (κ1) is 13.5. The number of nitrogen functional groups attached to an aromatic ring is 1. The molecule has 0 amide bonds. The molecule has 2 rings (SSSR count). The molecule has 0 saturated heterocycles. The van der Waals surface area contributed by atoms with Crippen LogP contribution in [0.25, 0.3) is 11.2 Å². The Morgan fingerprint density at radius 1 is 1.42 bits per heavy atom. The summed E-state index contributed by atoms with van der Waals surface area (Å²) in [6.07, 6.45) is 2.49. The number of fused-ring (bicyclic) bond motifs is 1. The molecule has 0 unspecified atom stereocenters. The van der Waals surface area contributed by atoms with E-state index in [1.165, 1.54) is 0 Å². The number of nitrogens with zero attached hydrogens (tertiary/aromatic N) is 4. The topological polar surface area (TPSA) is 102 Å². The fourth-order valence-electron chi connectivity index (χ4n) is 1.84. The Morgan fingerprint density at radius 2 is 2.16 bits per heavy atom. The molecule has 2 aromatic heterocycles. The number of aliphatic hydroxyl groups excluding tert-OH is 1. The van der Waals surface area contributed by atoms with Crippen LogP contribution in [0.4, 0.5) is 11.8 Å². The molecule has 19 heavy (non-hydrogen) atoms. The van der Waals surface area contributed by atoms with E-state index in [2.05, 4.69) is 34.1 Å². The maximum absolute atomic E-state index is 9.21. The van der Waals surface area contributed by atoms with Crippen molar-refractivity contribution in [3.63, 3.8) is 0 Å². The van der Waals surface area contributed by atoms with Gasteiger partial charge in [-0.3, -0.25) is 0 Å². The van der Waals surface area contributed by atoms with E-state index in [1.807, 2.05) is 11.5 Å². The summed E-state index contributed by atoms with van der Waals surface area (Å²) in [4.78, 5) is 12.9. The van der Waals surface area contributed by atoms with E-state index < -0.39 is 0 Å². The number of hydrogen-bond acceptors (Lipinski definition) is 6. The summed E-state index contributed by atoms with van der Waals surface area (Å²) < 4.78 is 1.94. The molecule has 7 nitrogen and oxygen atoms in total. The highest BCUT2D eigenvalue weighted by Crippen LogP contribution is 2.21. The van der Waals surface area contributed by atoms with E-state index >= 15 is 0 Å². The highest BCUT2D eigenvalue weighted by Gasteiger charge is 2.14. The lowest BCUT2D eigenvalue weighted by molar-refractivity contribution is 0.271.